The van der Waals surface area contributed by atoms with Crippen LogP contribution < -0.4 is 10.2 Å². The van der Waals surface area contributed by atoms with Gasteiger partial charge in [0.25, 0.3) is 0 Å². The normalized spacial score (nSPS) is 15.2. The number of hydrogen-bond donors (Lipinski definition) is 1. The van der Waals surface area contributed by atoms with Crippen molar-refractivity contribution in [2.75, 3.05) is 49.5 Å². The molecule has 1 aliphatic heterocycles. The van der Waals surface area contributed by atoms with Gasteiger partial charge in [0.15, 0.2) is 0 Å². The number of aromatic nitrogens is 1. The Morgan fingerprint density at radius 3 is 2.56 bits per heavy atom. The Morgan fingerprint density at radius 1 is 0.969 bits per heavy atom. The number of halogens is 3. The predicted molar refractivity (Wildman–Crippen MR) is 125 cm³/mol. The van der Waals surface area contributed by atoms with Gasteiger partial charge in [0.2, 0.25) is 0 Å². The number of thiophene rings is 1. The zero-order chi connectivity index (χ0) is 22.4. The Balaban J connectivity index is 1.16. The van der Waals surface area contributed by atoms with Gasteiger partial charge in [0.1, 0.15) is 5.82 Å². The van der Waals surface area contributed by atoms with Crippen molar-refractivity contribution >= 4 is 22.8 Å². The van der Waals surface area contributed by atoms with Crippen LogP contribution in [0.5, 0.6) is 0 Å². The molecule has 4 rings (SSSR count). The minimum Gasteiger partial charge on any atom is -0.370 e. The smallest absolute Gasteiger partial charge is 0.370 e. The molecule has 3 aromatic rings. The molecule has 0 spiro atoms. The largest absolute Gasteiger partial charge is 0.416 e. The molecule has 170 valence electrons. The van der Waals surface area contributed by atoms with Crippen LogP contribution in [0.1, 0.15) is 18.4 Å². The molecule has 2 aromatic heterocycles. The molecule has 1 aliphatic rings. The molecule has 1 fully saturated rings. The second-order valence-electron chi connectivity index (χ2n) is 7.92. The number of nitrogens with zero attached hydrogens (tertiary/aromatic N) is 3. The molecule has 0 bridgehead atoms. The van der Waals surface area contributed by atoms with E-state index in [-0.39, 0.29) is 0 Å². The Hall–Kier alpha value is -2.58. The van der Waals surface area contributed by atoms with Crippen molar-refractivity contribution in [2.24, 2.45) is 0 Å². The lowest BCUT2D eigenvalue weighted by molar-refractivity contribution is -0.137. The third-order valence-electron chi connectivity index (χ3n) is 5.68. The number of pyridine rings is 1. The van der Waals surface area contributed by atoms with E-state index in [2.05, 4.69) is 32.7 Å². The molecule has 3 heterocycles. The molecule has 1 aromatic carbocycles. The first kappa shape index (κ1) is 22.6. The summed E-state index contributed by atoms with van der Waals surface area (Å²) in [7, 11) is 0. The third-order valence-corrected chi connectivity index (χ3v) is 6.60. The number of hydrogen-bond acceptors (Lipinski definition) is 5. The first-order valence-corrected chi connectivity index (χ1v) is 11.8. The summed E-state index contributed by atoms with van der Waals surface area (Å²) in [5.41, 5.74) is 1.25. The molecule has 8 heteroatoms. The molecule has 1 N–H and O–H groups in total. The highest BCUT2D eigenvalue weighted by Crippen LogP contribution is 2.32. The highest BCUT2D eigenvalue weighted by molar-refractivity contribution is 7.13. The molecule has 0 radical (unpaired) electrons. The van der Waals surface area contributed by atoms with Gasteiger partial charge in [-0.05, 0) is 66.7 Å². The number of nitrogens with one attached hydrogen (secondary N) is 1. The molecule has 0 unspecified atom stereocenters. The molecule has 4 nitrogen and oxygen atoms in total. The van der Waals surface area contributed by atoms with Crippen molar-refractivity contribution in [2.45, 2.75) is 19.0 Å². The van der Waals surface area contributed by atoms with Crippen LogP contribution in [0.15, 0.2) is 60.1 Å². The van der Waals surface area contributed by atoms with Crippen LogP contribution in [-0.2, 0) is 6.18 Å². The van der Waals surface area contributed by atoms with Crippen molar-refractivity contribution < 1.29 is 13.2 Å². The molecular formula is C24H27F3N4S. The van der Waals surface area contributed by atoms with E-state index in [1.165, 1.54) is 22.6 Å². The van der Waals surface area contributed by atoms with E-state index in [1.54, 1.807) is 17.4 Å². The Kier molecular flexibility index (Phi) is 7.32. The van der Waals surface area contributed by atoms with Crippen LogP contribution in [-0.4, -0.2) is 49.2 Å². The van der Waals surface area contributed by atoms with Crippen molar-refractivity contribution in [1.29, 1.82) is 0 Å². The van der Waals surface area contributed by atoms with E-state index < -0.39 is 11.7 Å². The van der Waals surface area contributed by atoms with E-state index in [1.807, 2.05) is 23.2 Å². The summed E-state index contributed by atoms with van der Waals surface area (Å²) in [6, 6.07) is 13.9. The summed E-state index contributed by atoms with van der Waals surface area (Å²) >= 11 is 1.72. The van der Waals surface area contributed by atoms with Crippen molar-refractivity contribution in [3.63, 3.8) is 0 Å². The number of alkyl halides is 3. The number of rotatable bonds is 8. The Labute approximate surface area is 190 Å². The van der Waals surface area contributed by atoms with Gasteiger partial charge in [-0.15, -0.1) is 11.3 Å². The number of anilines is 2. The molecule has 0 atom stereocenters. The van der Waals surface area contributed by atoms with Gasteiger partial charge in [-0.25, -0.2) is 4.98 Å². The topological polar surface area (TPSA) is 31.4 Å². The van der Waals surface area contributed by atoms with Gasteiger partial charge in [0, 0.05) is 49.5 Å². The highest BCUT2D eigenvalue weighted by atomic mass is 32.1. The molecular weight excluding hydrogens is 433 g/mol. The summed E-state index contributed by atoms with van der Waals surface area (Å²) in [5.74, 6) is 0.894. The van der Waals surface area contributed by atoms with Crippen LogP contribution in [0.3, 0.4) is 0 Å². The lowest BCUT2D eigenvalue weighted by Crippen LogP contribution is -2.46. The van der Waals surface area contributed by atoms with Gasteiger partial charge in [-0.1, -0.05) is 12.1 Å². The number of piperazine rings is 1. The van der Waals surface area contributed by atoms with E-state index in [4.69, 9.17) is 0 Å². The zero-order valence-electron chi connectivity index (χ0n) is 17.8. The maximum atomic E-state index is 13.0. The molecule has 0 aliphatic carbocycles. The van der Waals surface area contributed by atoms with Crippen LogP contribution in [0.25, 0.3) is 10.4 Å². The lowest BCUT2D eigenvalue weighted by Gasteiger charge is -2.36. The summed E-state index contributed by atoms with van der Waals surface area (Å²) in [6.45, 7) is 5.10. The van der Waals surface area contributed by atoms with E-state index in [9.17, 15) is 13.2 Å². The fraction of sp³-hybridized carbons (Fsp3) is 0.375. The van der Waals surface area contributed by atoms with E-state index in [0.717, 1.165) is 64.0 Å². The first-order valence-electron chi connectivity index (χ1n) is 10.9. The number of benzene rings is 1. The summed E-state index contributed by atoms with van der Waals surface area (Å²) in [5, 5.41) is 5.48. The fourth-order valence-electron chi connectivity index (χ4n) is 3.91. The van der Waals surface area contributed by atoms with Crippen LogP contribution in [0.2, 0.25) is 0 Å². The zero-order valence-corrected chi connectivity index (χ0v) is 18.6. The van der Waals surface area contributed by atoms with Crippen molar-refractivity contribution in [3.8, 4) is 10.4 Å². The van der Waals surface area contributed by atoms with Crippen LogP contribution in [0.4, 0.5) is 24.7 Å². The number of unbranched alkanes of at least 4 members (excludes halogenated alkanes) is 1. The fourth-order valence-corrected chi connectivity index (χ4v) is 4.63. The van der Waals surface area contributed by atoms with Gasteiger partial charge >= 0.3 is 6.18 Å². The van der Waals surface area contributed by atoms with Gasteiger partial charge in [-0.3, -0.25) is 4.90 Å². The molecule has 0 saturated carbocycles. The standard InChI is InChI=1S/C24H27F3N4S/c25-24(26,27)20-5-3-6-21(18-20)31-14-12-30(13-15-31)11-2-1-9-28-23-17-19(8-10-29-23)22-7-4-16-32-22/h3-8,10,16-18H,1-2,9,11-15H2,(H,28,29). The maximum absolute atomic E-state index is 13.0. The highest BCUT2D eigenvalue weighted by Gasteiger charge is 2.31. The second-order valence-corrected chi connectivity index (χ2v) is 8.87. The molecule has 1 saturated heterocycles. The minimum atomic E-state index is -4.30. The first-order chi connectivity index (χ1) is 15.5. The monoisotopic (exact) mass is 460 g/mol. The molecule has 32 heavy (non-hydrogen) atoms. The SMILES string of the molecule is FC(F)(F)c1cccc(N2CCN(CCCCNc3cc(-c4cccs4)ccn3)CC2)c1. The van der Waals surface area contributed by atoms with Crippen LogP contribution >= 0.6 is 11.3 Å². The van der Waals surface area contributed by atoms with Gasteiger partial charge in [0.05, 0.1) is 5.56 Å². The maximum Gasteiger partial charge on any atom is 0.416 e. The predicted octanol–water partition coefficient (Wildman–Crippen LogP) is 5.84. The lowest BCUT2D eigenvalue weighted by atomic mass is 10.1. The summed E-state index contributed by atoms with van der Waals surface area (Å²) in [4.78, 5) is 10.1. The van der Waals surface area contributed by atoms with Gasteiger partial charge < -0.3 is 10.2 Å². The second kappa shape index (κ2) is 10.4. The summed E-state index contributed by atoms with van der Waals surface area (Å²) in [6.07, 6.45) is -0.353. The van der Waals surface area contributed by atoms with Gasteiger partial charge in [-0.2, -0.15) is 13.2 Å². The average Bonchev–Trinajstić information content (AvgIpc) is 3.34. The Bertz CT molecular complexity index is 983. The van der Waals surface area contributed by atoms with Crippen LogP contribution in [0, 0.1) is 0 Å². The average molecular weight is 461 g/mol. The third kappa shape index (κ3) is 6.01. The van der Waals surface area contributed by atoms with E-state index >= 15 is 0 Å². The Morgan fingerprint density at radius 2 is 1.81 bits per heavy atom. The quantitative estimate of drug-likeness (QED) is 0.428. The van der Waals surface area contributed by atoms with Crippen molar-refractivity contribution in [3.05, 3.63) is 65.7 Å². The minimum absolute atomic E-state index is 0.583. The van der Waals surface area contributed by atoms with Crippen molar-refractivity contribution in [1.82, 2.24) is 9.88 Å². The van der Waals surface area contributed by atoms with E-state index in [0.29, 0.717) is 5.69 Å². The molecule has 0 amide bonds. The summed E-state index contributed by atoms with van der Waals surface area (Å²) < 4.78 is 38.9.